The third-order valence-electron chi connectivity index (χ3n) is 2.97. The van der Waals surface area contributed by atoms with Crippen LogP contribution < -0.4 is 14.8 Å². The maximum absolute atomic E-state index is 9.75. The fraction of sp³-hybridized carbons (Fsp3) is 0.294. The summed E-state index contributed by atoms with van der Waals surface area (Å²) in [5, 5.41) is 22.0. The van der Waals surface area contributed by atoms with Crippen molar-refractivity contribution in [3.63, 3.8) is 0 Å². The molecule has 3 N–H and O–H groups in total. The molecule has 5 nitrogen and oxygen atoms in total. The highest BCUT2D eigenvalue weighted by Crippen LogP contribution is 2.26. The second-order valence-corrected chi connectivity index (χ2v) is 5.36. The summed E-state index contributed by atoms with van der Waals surface area (Å²) in [5.74, 6) is 1.93. The molecule has 0 bridgehead atoms. The average molecular weight is 338 g/mol. The summed E-state index contributed by atoms with van der Waals surface area (Å²) in [4.78, 5) is 0. The lowest BCUT2D eigenvalue weighted by Gasteiger charge is -2.13. The highest BCUT2D eigenvalue weighted by atomic mass is 35.5. The van der Waals surface area contributed by atoms with Crippen molar-refractivity contribution >= 4 is 11.6 Å². The molecule has 0 saturated heterocycles. The Hall–Kier alpha value is -1.79. The van der Waals surface area contributed by atoms with Crippen molar-refractivity contribution in [1.82, 2.24) is 5.32 Å². The van der Waals surface area contributed by atoms with E-state index in [0.717, 1.165) is 0 Å². The van der Waals surface area contributed by atoms with Crippen molar-refractivity contribution in [2.75, 3.05) is 26.3 Å². The van der Waals surface area contributed by atoms with Gasteiger partial charge in [-0.1, -0.05) is 17.7 Å². The van der Waals surface area contributed by atoms with Crippen LogP contribution in [0, 0.1) is 0 Å². The second kappa shape index (κ2) is 9.37. The van der Waals surface area contributed by atoms with Crippen LogP contribution in [-0.2, 0) is 0 Å². The number of aliphatic hydroxyl groups is 2. The van der Waals surface area contributed by atoms with Gasteiger partial charge in [-0.3, -0.25) is 0 Å². The van der Waals surface area contributed by atoms with Crippen molar-refractivity contribution in [2.24, 2.45) is 0 Å². The van der Waals surface area contributed by atoms with Crippen molar-refractivity contribution < 1.29 is 19.7 Å². The Kier molecular flexibility index (Phi) is 7.16. The Morgan fingerprint density at radius 1 is 1.04 bits per heavy atom. The van der Waals surface area contributed by atoms with Gasteiger partial charge in [0, 0.05) is 24.2 Å². The quantitative estimate of drug-likeness (QED) is 0.613. The predicted molar refractivity (Wildman–Crippen MR) is 89.4 cm³/mol. The average Bonchev–Trinajstić information content (AvgIpc) is 2.56. The van der Waals surface area contributed by atoms with Gasteiger partial charge < -0.3 is 25.0 Å². The summed E-state index contributed by atoms with van der Waals surface area (Å²) >= 11 is 5.84. The molecule has 0 saturated carbocycles. The largest absolute Gasteiger partial charge is 0.491 e. The fourth-order valence-electron chi connectivity index (χ4n) is 1.87. The molecule has 2 aromatic rings. The van der Waals surface area contributed by atoms with Crippen LogP contribution >= 0.6 is 11.6 Å². The summed E-state index contributed by atoms with van der Waals surface area (Å²) in [7, 11) is 0. The molecular formula is C17H20ClNO4. The van der Waals surface area contributed by atoms with Gasteiger partial charge in [-0.05, 0) is 36.4 Å². The van der Waals surface area contributed by atoms with Crippen LogP contribution in [0.5, 0.6) is 17.2 Å². The van der Waals surface area contributed by atoms with Crippen molar-refractivity contribution in [3.8, 4) is 17.2 Å². The number of aliphatic hydroxyl groups excluding tert-OH is 2. The molecule has 0 unspecified atom stereocenters. The lowest BCUT2D eigenvalue weighted by molar-refractivity contribution is 0.105. The number of hydrogen-bond acceptors (Lipinski definition) is 5. The van der Waals surface area contributed by atoms with Crippen LogP contribution in [0.15, 0.2) is 48.5 Å². The van der Waals surface area contributed by atoms with Gasteiger partial charge in [0.25, 0.3) is 0 Å². The number of hydrogen-bond donors (Lipinski definition) is 3. The molecule has 1 atom stereocenters. The Bertz CT molecular complexity index is 591. The molecule has 0 heterocycles. The first-order valence-corrected chi connectivity index (χ1v) is 7.71. The molecule has 0 fully saturated rings. The van der Waals surface area contributed by atoms with E-state index in [2.05, 4.69) is 5.32 Å². The molecule has 6 heteroatoms. The molecule has 0 amide bonds. The van der Waals surface area contributed by atoms with E-state index < -0.39 is 6.10 Å². The highest BCUT2D eigenvalue weighted by Gasteiger charge is 2.06. The van der Waals surface area contributed by atoms with E-state index in [1.54, 1.807) is 36.4 Å². The van der Waals surface area contributed by atoms with E-state index in [1.807, 2.05) is 12.1 Å². The van der Waals surface area contributed by atoms with Crippen molar-refractivity contribution in [1.29, 1.82) is 0 Å². The highest BCUT2D eigenvalue weighted by molar-refractivity contribution is 6.30. The fourth-order valence-corrected chi connectivity index (χ4v) is 1.99. The van der Waals surface area contributed by atoms with Gasteiger partial charge in [-0.2, -0.15) is 0 Å². The van der Waals surface area contributed by atoms with E-state index in [4.69, 9.17) is 26.2 Å². The van der Waals surface area contributed by atoms with Crippen LogP contribution in [0.1, 0.15) is 0 Å². The molecule has 0 aliphatic heterocycles. The molecule has 2 rings (SSSR count). The maximum Gasteiger partial charge on any atom is 0.131 e. The zero-order valence-corrected chi connectivity index (χ0v) is 13.4. The van der Waals surface area contributed by atoms with Crippen LogP contribution in [0.25, 0.3) is 0 Å². The predicted octanol–water partition coefficient (Wildman–Crippen LogP) is 2.45. The minimum absolute atomic E-state index is 0.0393. The third-order valence-corrected chi connectivity index (χ3v) is 3.22. The molecule has 124 valence electrons. The van der Waals surface area contributed by atoms with Crippen LogP contribution in [0.2, 0.25) is 5.02 Å². The first kappa shape index (κ1) is 17.6. The zero-order valence-electron chi connectivity index (χ0n) is 12.6. The van der Waals surface area contributed by atoms with Gasteiger partial charge in [0.2, 0.25) is 0 Å². The van der Waals surface area contributed by atoms with E-state index >= 15 is 0 Å². The summed E-state index contributed by atoms with van der Waals surface area (Å²) < 4.78 is 11.3. The number of rotatable bonds is 9. The summed E-state index contributed by atoms with van der Waals surface area (Å²) in [6.45, 7) is 1.00. The van der Waals surface area contributed by atoms with E-state index in [9.17, 15) is 5.11 Å². The molecular weight excluding hydrogens is 318 g/mol. The summed E-state index contributed by atoms with van der Waals surface area (Å²) in [5.41, 5.74) is 0. The van der Waals surface area contributed by atoms with E-state index in [-0.39, 0.29) is 13.2 Å². The third kappa shape index (κ3) is 6.46. The van der Waals surface area contributed by atoms with Crippen LogP contribution in [0.3, 0.4) is 0 Å². The molecule has 2 aromatic carbocycles. The van der Waals surface area contributed by atoms with Gasteiger partial charge in [0.1, 0.15) is 30.0 Å². The number of halogens is 1. The molecule has 23 heavy (non-hydrogen) atoms. The van der Waals surface area contributed by atoms with Gasteiger partial charge >= 0.3 is 0 Å². The smallest absolute Gasteiger partial charge is 0.131 e. The van der Waals surface area contributed by atoms with Crippen molar-refractivity contribution in [2.45, 2.75) is 6.10 Å². The van der Waals surface area contributed by atoms with Gasteiger partial charge in [-0.15, -0.1) is 0 Å². The van der Waals surface area contributed by atoms with Gasteiger partial charge in [-0.25, -0.2) is 0 Å². The maximum atomic E-state index is 9.75. The minimum Gasteiger partial charge on any atom is -0.491 e. The minimum atomic E-state index is -0.651. The molecule has 0 aliphatic carbocycles. The van der Waals surface area contributed by atoms with Gasteiger partial charge in [0.15, 0.2) is 0 Å². The Labute approximate surface area is 140 Å². The normalized spacial score (nSPS) is 12.0. The molecule has 0 aromatic heterocycles. The lowest BCUT2D eigenvalue weighted by atomic mass is 10.3. The number of nitrogens with one attached hydrogen (secondary N) is 1. The Balaban J connectivity index is 1.85. The Morgan fingerprint density at radius 2 is 1.78 bits per heavy atom. The lowest BCUT2D eigenvalue weighted by Crippen LogP contribution is -2.32. The summed E-state index contributed by atoms with van der Waals surface area (Å²) in [6, 6.07) is 14.3. The topological polar surface area (TPSA) is 71.0 Å². The number of benzene rings is 2. The molecule has 0 aliphatic rings. The first-order chi connectivity index (χ1) is 11.2. The SMILES string of the molecule is OCCNC[C@@H](O)COc1cccc(Oc2ccc(Cl)cc2)c1. The monoisotopic (exact) mass is 337 g/mol. The molecule has 0 spiro atoms. The summed E-state index contributed by atoms with van der Waals surface area (Å²) in [6.07, 6.45) is -0.651. The van der Waals surface area contributed by atoms with Crippen LogP contribution in [0.4, 0.5) is 0 Å². The van der Waals surface area contributed by atoms with Gasteiger partial charge in [0.05, 0.1) is 6.61 Å². The van der Waals surface area contributed by atoms with E-state index in [1.165, 1.54) is 0 Å². The standard InChI is InChI=1S/C17H20ClNO4/c18-13-4-6-15(7-5-13)23-17-3-1-2-16(10-17)22-12-14(21)11-19-8-9-20/h1-7,10,14,19-21H,8-9,11-12H2/t14-/m1/s1. The van der Waals surface area contributed by atoms with E-state index in [0.29, 0.717) is 35.4 Å². The first-order valence-electron chi connectivity index (χ1n) is 7.33. The Morgan fingerprint density at radius 3 is 2.52 bits per heavy atom. The number of ether oxygens (including phenoxy) is 2. The van der Waals surface area contributed by atoms with Crippen LogP contribution in [-0.4, -0.2) is 42.6 Å². The van der Waals surface area contributed by atoms with Crippen molar-refractivity contribution in [3.05, 3.63) is 53.6 Å². The second-order valence-electron chi connectivity index (χ2n) is 4.92. The molecule has 0 radical (unpaired) electrons. The zero-order chi connectivity index (χ0) is 16.5.